The van der Waals surface area contributed by atoms with Gasteiger partial charge in [-0.1, -0.05) is 0 Å². The Hall–Kier alpha value is -0.490. The van der Waals surface area contributed by atoms with E-state index in [2.05, 4.69) is 0 Å². The monoisotopic (exact) mass is 273 g/mol. The molecular formula is C10H15ClF3NO2. The van der Waals surface area contributed by atoms with E-state index in [0.29, 0.717) is 0 Å². The van der Waals surface area contributed by atoms with Gasteiger partial charge in [0.05, 0.1) is 12.5 Å². The Labute approximate surface area is 103 Å². The van der Waals surface area contributed by atoms with Crippen molar-refractivity contribution in [3.05, 3.63) is 0 Å². The van der Waals surface area contributed by atoms with Crippen LogP contribution in [-0.2, 0) is 9.53 Å². The highest BCUT2D eigenvalue weighted by atomic mass is 35.5. The molecule has 0 unspecified atom stereocenters. The molecule has 3 nitrogen and oxygen atoms in total. The average molecular weight is 274 g/mol. The molecule has 1 saturated heterocycles. The number of likely N-dealkylation sites (tertiary alicyclic amines) is 1. The smallest absolute Gasteiger partial charge is 0.384 e. The number of methoxy groups -OCH3 is 1. The Balaban J connectivity index is 2.75. The lowest BCUT2D eigenvalue weighted by Gasteiger charge is -2.20. The molecule has 0 N–H and O–H groups in total. The lowest BCUT2D eigenvalue weighted by atomic mass is 9.96. The molecule has 3 atom stereocenters. The van der Waals surface area contributed by atoms with Crippen molar-refractivity contribution in [2.24, 2.45) is 11.8 Å². The van der Waals surface area contributed by atoms with Gasteiger partial charge in [0.15, 0.2) is 0 Å². The van der Waals surface area contributed by atoms with E-state index >= 15 is 0 Å². The second kappa shape index (κ2) is 5.44. The van der Waals surface area contributed by atoms with E-state index in [0.717, 1.165) is 0 Å². The summed E-state index contributed by atoms with van der Waals surface area (Å²) in [6.07, 6.45) is -4.31. The van der Waals surface area contributed by atoms with Crippen LogP contribution in [0, 0.1) is 11.8 Å². The van der Waals surface area contributed by atoms with Crippen molar-refractivity contribution in [2.45, 2.75) is 18.5 Å². The fraction of sp³-hybridized carbons (Fsp3) is 0.900. The maximum Gasteiger partial charge on any atom is 0.393 e. The molecule has 1 heterocycles. The number of carbonyl (C=O) groups is 1. The summed E-state index contributed by atoms with van der Waals surface area (Å²) in [5.74, 6) is -2.69. The van der Waals surface area contributed by atoms with Crippen LogP contribution in [0.1, 0.15) is 6.92 Å². The highest BCUT2D eigenvalue weighted by molar-refractivity contribution is 6.30. The van der Waals surface area contributed by atoms with Crippen molar-refractivity contribution in [3.8, 4) is 0 Å². The highest BCUT2D eigenvalue weighted by Crippen LogP contribution is 2.37. The molecule has 0 aromatic rings. The Morgan fingerprint density at radius 2 is 2.12 bits per heavy atom. The van der Waals surface area contributed by atoms with Gasteiger partial charge in [-0.2, -0.15) is 13.2 Å². The molecule has 0 aromatic heterocycles. The summed E-state index contributed by atoms with van der Waals surface area (Å²) in [5, 5.41) is -0.801. The molecule has 1 aliphatic heterocycles. The average Bonchev–Trinajstić information content (AvgIpc) is 2.60. The lowest BCUT2D eigenvalue weighted by Crippen LogP contribution is -2.35. The second-order valence-electron chi connectivity index (χ2n) is 4.22. The number of hydrogen-bond donors (Lipinski definition) is 0. The number of carbonyl (C=O) groups excluding carboxylic acids is 1. The molecule has 0 radical (unpaired) electrons. The topological polar surface area (TPSA) is 29.5 Å². The lowest BCUT2D eigenvalue weighted by molar-refractivity contribution is -0.183. The SMILES string of the molecule is COC[C@@H]1CN(C(=O)[C@H](C)Cl)C[C@@H]1C(F)(F)F. The minimum atomic E-state index is -4.31. The summed E-state index contributed by atoms with van der Waals surface area (Å²) in [7, 11) is 1.35. The maximum absolute atomic E-state index is 12.7. The fourth-order valence-corrected chi connectivity index (χ4v) is 2.19. The van der Waals surface area contributed by atoms with Gasteiger partial charge in [0.1, 0.15) is 5.38 Å². The Morgan fingerprint density at radius 3 is 2.53 bits per heavy atom. The molecule has 100 valence electrons. The van der Waals surface area contributed by atoms with E-state index in [4.69, 9.17) is 16.3 Å². The van der Waals surface area contributed by atoms with Crippen LogP contribution < -0.4 is 0 Å². The molecule has 0 aliphatic carbocycles. The number of alkyl halides is 4. The number of rotatable bonds is 3. The first-order valence-electron chi connectivity index (χ1n) is 5.26. The van der Waals surface area contributed by atoms with E-state index < -0.39 is 29.3 Å². The van der Waals surface area contributed by atoms with Gasteiger partial charge in [-0.3, -0.25) is 4.79 Å². The quantitative estimate of drug-likeness (QED) is 0.735. The van der Waals surface area contributed by atoms with Gasteiger partial charge in [-0.05, 0) is 6.92 Å². The van der Waals surface area contributed by atoms with Crippen molar-refractivity contribution in [1.29, 1.82) is 0 Å². The van der Waals surface area contributed by atoms with Gasteiger partial charge >= 0.3 is 6.18 Å². The minimum absolute atomic E-state index is 0.00930. The minimum Gasteiger partial charge on any atom is -0.384 e. The highest BCUT2D eigenvalue weighted by Gasteiger charge is 2.50. The number of amides is 1. The molecular weight excluding hydrogens is 259 g/mol. The van der Waals surface area contributed by atoms with Gasteiger partial charge in [-0.25, -0.2) is 0 Å². The summed E-state index contributed by atoms with van der Waals surface area (Å²) in [5.41, 5.74) is 0. The van der Waals surface area contributed by atoms with Crippen LogP contribution >= 0.6 is 11.6 Å². The van der Waals surface area contributed by atoms with E-state index in [1.807, 2.05) is 0 Å². The summed E-state index contributed by atoms with van der Waals surface area (Å²) in [6.45, 7) is 1.17. The summed E-state index contributed by atoms with van der Waals surface area (Å²) in [6, 6.07) is 0. The van der Waals surface area contributed by atoms with Gasteiger partial charge in [0.25, 0.3) is 0 Å². The predicted octanol–water partition coefficient (Wildman–Crippen LogP) is 1.90. The molecule has 1 rings (SSSR count). The van der Waals surface area contributed by atoms with E-state index in [-0.39, 0.29) is 19.7 Å². The zero-order valence-corrected chi connectivity index (χ0v) is 10.4. The van der Waals surface area contributed by atoms with Gasteiger partial charge in [0.2, 0.25) is 5.91 Å². The number of hydrogen-bond acceptors (Lipinski definition) is 2. The van der Waals surface area contributed by atoms with Crippen molar-refractivity contribution < 1.29 is 22.7 Å². The van der Waals surface area contributed by atoms with Crippen molar-refractivity contribution in [2.75, 3.05) is 26.8 Å². The van der Waals surface area contributed by atoms with Gasteiger partial charge in [-0.15, -0.1) is 11.6 Å². The third-order valence-electron chi connectivity index (χ3n) is 2.89. The van der Waals surface area contributed by atoms with Crippen LogP contribution in [0.4, 0.5) is 13.2 Å². The predicted molar refractivity (Wildman–Crippen MR) is 56.8 cm³/mol. The zero-order chi connectivity index (χ0) is 13.2. The van der Waals surface area contributed by atoms with Crippen LogP contribution in [0.3, 0.4) is 0 Å². The van der Waals surface area contributed by atoms with Crippen LogP contribution in [0.25, 0.3) is 0 Å². The molecule has 1 fully saturated rings. The first-order chi connectivity index (χ1) is 7.77. The Bertz CT molecular complexity index is 283. The third-order valence-corrected chi connectivity index (χ3v) is 3.08. The largest absolute Gasteiger partial charge is 0.393 e. The summed E-state index contributed by atoms with van der Waals surface area (Å²) in [4.78, 5) is 12.7. The number of ether oxygens (including phenoxy) is 1. The molecule has 1 amide bonds. The van der Waals surface area contributed by atoms with E-state index in [1.54, 1.807) is 0 Å². The van der Waals surface area contributed by atoms with E-state index in [1.165, 1.54) is 18.9 Å². The summed E-state index contributed by atoms with van der Waals surface area (Å²) < 4.78 is 43.0. The van der Waals surface area contributed by atoms with Crippen molar-refractivity contribution >= 4 is 17.5 Å². The standard InChI is InChI=1S/C10H15ClF3NO2/c1-6(11)9(16)15-3-7(5-17-2)8(4-15)10(12,13)14/h6-8H,3-5H2,1-2H3/t6-,7-,8-/m0/s1. The second-order valence-corrected chi connectivity index (χ2v) is 4.88. The molecule has 1 aliphatic rings. The van der Waals surface area contributed by atoms with Crippen molar-refractivity contribution in [1.82, 2.24) is 4.90 Å². The molecule has 0 saturated carbocycles. The molecule has 0 bridgehead atoms. The fourth-order valence-electron chi connectivity index (χ4n) is 2.06. The third kappa shape index (κ3) is 3.48. The van der Waals surface area contributed by atoms with Crippen LogP contribution in [0.2, 0.25) is 0 Å². The molecule has 0 spiro atoms. The number of halogens is 4. The van der Waals surface area contributed by atoms with Gasteiger partial charge in [0, 0.05) is 26.1 Å². The van der Waals surface area contributed by atoms with Crippen LogP contribution in [0.5, 0.6) is 0 Å². The first-order valence-corrected chi connectivity index (χ1v) is 5.69. The van der Waals surface area contributed by atoms with Crippen LogP contribution in [-0.4, -0.2) is 49.2 Å². The maximum atomic E-state index is 12.7. The Kier molecular flexibility index (Phi) is 4.66. The zero-order valence-electron chi connectivity index (χ0n) is 9.63. The van der Waals surface area contributed by atoms with Gasteiger partial charge < -0.3 is 9.64 Å². The summed E-state index contributed by atoms with van der Waals surface area (Å²) >= 11 is 5.59. The van der Waals surface area contributed by atoms with Crippen LogP contribution in [0.15, 0.2) is 0 Å². The molecule has 17 heavy (non-hydrogen) atoms. The number of nitrogens with zero attached hydrogens (tertiary/aromatic N) is 1. The normalized spacial score (nSPS) is 27.3. The van der Waals surface area contributed by atoms with E-state index in [9.17, 15) is 18.0 Å². The van der Waals surface area contributed by atoms with Crippen molar-refractivity contribution in [3.63, 3.8) is 0 Å². The first kappa shape index (κ1) is 14.6. The molecule has 7 heteroatoms. The molecule has 0 aromatic carbocycles. The Morgan fingerprint density at radius 1 is 1.53 bits per heavy atom.